The number of benzene rings is 1. The molecule has 1 aromatic carbocycles. The van der Waals surface area contributed by atoms with Gasteiger partial charge in [0.05, 0.1) is 41.6 Å². The van der Waals surface area contributed by atoms with Crippen LogP contribution in [-0.4, -0.2) is 89.8 Å². The lowest BCUT2D eigenvalue weighted by molar-refractivity contribution is -0.153. The van der Waals surface area contributed by atoms with E-state index in [4.69, 9.17) is 9.47 Å². The Kier molecular flexibility index (Phi) is 9.98. The zero-order valence-electron chi connectivity index (χ0n) is 23.1. The van der Waals surface area contributed by atoms with Crippen LogP contribution in [0.4, 0.5) is 0 Å². The minimum atomic E-state index is -0.816. The monoisotopic (exact) mass is 585 g/mol. The number of methoxy groups -OCH3 is 1. The first-order chi connectivity index (χ1) is 19.5. The standard InChI is InChI=1S/C30H39N3O5S2/c1-37-23-4-5-25-24(19-23)28(22(20-31-25)21-33-12-15-38-16-13-33)26(34)6-7-30(29(35)36)8-10-32(11-9-30)14-18-40-27-3-2-17-39-27/h2-5,17,19-20,26,34H,6-16,18,21H2,1H3,(H,35,36). The molecule has 2 fully saturated rings. The van der Waals surface area contributed by atoms with Gasteiger partial charge in [-0.25, -0.2) is 0 Å². The van der Waals surface area contributed by atoms with Crippen LogP contribution in [0.1, 0.15) is 42.9 Å². The Balaban J connectivity index is 1.28. The van der Waals surface area contributed by atoms with Crippen LogP contribution in [0.2, 0.25) is 0 Å². The van der Waals surface area contributed by atoms with Gasteiger partial charge in [0, 0.05) is 43.5 Å². The van der Waals surface area contributed by atoms with Gasteiger partial charge < -0.3 is 24.6 Å². The molecular weight excluding hydrogens is 546 g/mol. The third-order valence-corrected chi connectivity index (χ3v) is 10.5. The van der Waals surface area contributed by atoms with Crippen LogP contribution >= 0.6 is 23.1 Å². The molecule has 3 aromatic rings. The fourth-order valence-corrected chi connectivity index (χ4v) is 7.70. The molecule has 0 aliphatic carbocycles. The molecular formula is C30H39N3O5S2. The summed E-state index contributed by atoms with van der Waals surface area (Å²) >= 11 is 3.62. The second-order valence-electron chi connectivity index (χ2n) is 10.7. The van der Waals surface area contributed by atoms with Gasteiger partial charge >= 0.3 is 5.97 Å². The average molecular weight is 586 g/mol. The number of carboxylic acid groups (broad SMARTS) is 1. The van der Waals surface area contributed by atoms with Gasteiger partial charge in [-0.1, -0.05) is 6.07 Å². The Labute approximate surface area is 244 Å². The van der Waals surface area contributed by atoms with E-state index < -0.39 is 17.5 Å². The summed E-state index contributed by atoms with van der Waals surface area (Å²) in [5.41, 5.74) is 1.78. The number of fused-ring (bicyclic) bond motifs is 1. The minimum Gasteiger partial charge on any atom is -0.497 e. The van der Waals surface area contributed by atoms with E-state index in [9.17, 15) is 15.0 Å². The molecule has 10 heteroatoms. The van der Waals surface area contributed by atoms with E-state index >= 15 is 0 Å². The van der Waals surface area contributed by atoms with Crippen molar-refractivity contribution in [3.05, 3.63) is 53.0 Å². The zero-order valence-corrected chi connectivity index (χ0v) is 24.7. The number of thiophene rings is 1. The van der Waals surface area contributed by atoms with E-state index in [1.807, 2.05) is 36.2 Å². The molecule has 4 heterocycles. The number of nitrogens with zero attached hydrogens (tertiary/aromatic N) is 3. The number of morpholine rings is 1. The molecule has 2 saturated heterocycles. The molecule has 0 bridgehead atoms. The van der Waals surface area contributed by atoms with Crippen molar-refractivity contribution in [2.75, 3.05) is 58.8 Å². The number of aliphatic hydroxyl groups excluding tert-OH is 1. The first-order valence-electron chi connectivity index (χ1n) is 14.0. The fraction of sp³-hybridized carbons (Fsp3) is 0.533. The number of aliphatic carboxylic acids is 1. The van der Waals surface area contributed by atoms with Gasteiger partial charge in [0.25, 0.3) is 0 Å². The Hall–Kier alpha value is -2.21. The number of aromatic nitrogens is 1. The van der Waals surface area contributed by atoms with Crippen molar-refractivity contribution in [3.63, 3.8) is 0 Å². The largest absolute Gasteiger partial charge is 0.497 e. The number of rotatable bonds is 12. The fourth-order valence-electron chi connectivity index (χ4n) is 5.83. The zero-order chi connectivity index (χ0) is 28.0. The van der Waals surface area contributed by atoms with Crippen molar-refractivity contribution >= 4 is 40.0 Å². The lowest BCUT2D eigenvalue weighted by Crippen LogP contribution is -2.45. The van der Waals surface area contributed by atoms with Crippen LogP contribution in [0.5, 0.6) is 5.75 Å². The smallest absolute Gasteiger partial charge is 0.309 e. The number of carboxylic acids is 1. The van der Waals surface area contributed by atoms with Crippen LogP contribution in [0.25, 0.3) is 10.9 Å². The normalized spacial score (nSPS) is 19.1. The molecule has 2 aliphatic rings. The Bertz CT molecular complexity index is 1260. The molecule has 8 nitrogen and oxygen atoms in total. The highest BCUT2D eigenvalue weighted by molar-refractivity contribution is 8.01. The number of pyridine rings is 1. The van der Waals surface area contributed by atoms with Crippen LogP contribution in [0.15, 0.2) is 46.1 Å². The second kappa shape index (κ2) is 13.6. The van der Waals surface area contributed by atoms with Crippen LogP contribution in [0.3, 0.4) is 0 Å². The molecule has 40 heavy (non-hydrogen) atoms. The quantitative estimate of drug-likeness (QED) is 0.288. The average Bonchev–Trinajstić information content (AvgIpc) is 3.50. The number of piperidine rings is 1. The summed E-state index contributed by atoms with van der Waals surface area (Å²) in [4.78, 5) is 21.9. The van der Waals surface area contributed by atoms with Gasteiger partial charge in [0.2, 0.25) is 0 Å². The van der Waals surface area contributed by atoms with Gasteiger partial charge in [-0.3, -0.25) is 14.7 Å². The van der Waals surface area contributed by atoms with E-state index in [-0.39, 0.29) is 0 Å². The Morgan fingerprint density at radius 1 is 1.20 bits per heavy atom. The van der Waals surface area contributed by atoms with Gasteiger partial charge in [-0.05, 0) is 79.5 Å². The summed E-state index contributed by atoms with van der Waals surface area (Å²) in [6, 6.07) is 9.93. The highest BCUT2D eigenvalue weighted by Gasteiger charge is 2.41. The number of hydrogen-bond acceptors (Lipinski definition) is 9. The Morgan fingerprint density at radius 3 is 2.70 bits per heavy atom. The third kappa shape index (κ3) is 6.98. The number of thioether (sulfide) groups is 1. The van der Waals surface area contributed by atoms with E-state index in [1.54, 1.807) is 18.4 Å². The van der Waals surface area contributed by atoms with Crippen molar-refractivity contribution in [1.29, 1.82) is 0 Å². The van der Waals surface area contributed by atoms with Crippen molar-refractivity contribution in [1.82, 2.24) is 14.8 Å². The number of carbonyl (C=O) groups is 1. The van der Waals surface area contributed by atoms with Crippen LogP contribution in [0, 0.1) is 5.41 Å². The molecule has 0 saturated carbocycles. The SMILES string of the molecule is COc1ccc2ncc(CN3CCOCC3)c(C(O)CCC3(C(=O)O)CCN(CCSc4cccs4)CC3)c2c1. The molecule has 1 atom stereocenters. The van der Waals surface area contributed by atoms with E-state index in [2.05, 4.69) is 32.3 Å². The van der Waals surface area contributed by atoms with E-state index in [0.29, 0.717) is 51.2 Å². The molecule has 2 aliphatic heterocycles. The van der Waals surface area contributed by atoms with Gasteiger partial charge in [0.15, 0.2) is 0 Å². The predicted octanol–water partition coefficient (Wildman–Crippen LogP) is 4.91. The topological polar surface area (TPSA) is 95.4 Å². The lowest BCUT2D eigenvalue weighted by atomic mass is 9.74. The maximum Gasteiger partial charge on any atom is 0.309 e. The maximum atomic E-state index is 12.6. The van der Waals surface area contributed by atoms with E-state index in [0.717, 1.165) is 60.5 Å². The van der Waals surface area contributed by atoms with Crippen LogP contribution in [-0.2, 0) is 16.1 Å². The number of aliphatic hydroxyl groups is 1. The number of hydrogen-bond donors (Lipinski definition) is 2. The Morgan fingerprint density at radius 2 is 2.00 bits per heavy atom. The third-order valence-electron chi connectivity index (χ3n) is 8.34. The number of likely N-dealkylation sites (tertiary alicyclic amines) is 1. The summed E-state index contributed by atoms with van der Waals surface area (Å²) in [6.45, 7) is 6.20. The molecule has 0 amide bonds. The van der Waals surface area contributed by atoms with Gasteiger partial charge in [0.1, 0.15) is 5.75 Å². The van der Waals surface area contributed by atoms with Crippen molar-refractivity contribution < 1.29 is 24.5 Å². The van der Waals surface area contributed by atoms with Gasteiger partial charge in [-0.15, -0.1) is 23.1 Å². The highest BCUT2D eigenvalue weighted by Crippen LogP contribution is 2.40. The molecule has 0 spiro atoms. The molecule has 216 valence electrons. The first-order valence-corrected chi connectivity index (χ1v) is 15.9. The highest BCUT2D eigenvalue weighted by atomic mass is 32.2. The van der Waals surface area contributed by atoms with Crippen LogP contribution < -0.4 is 4.74 Å². The van der Waals surface area contributed by atoms with Crippen molar-refractivity contribution in [2.45, 2.75) is 42.5 Å². The summed E-state index contributed by atoms with van der Waals surface area (Å²) in [7, 11) is 1.63. The van der Waals surface area contributed by atoms with Crippen molar-refractivity contribution in [3.8, 4) is 5.75 Å². The maximum absolute atomic E-state index is 12.6. The second-order valence-corrected chi connectivity index (χ2v) is 13.1. The summed E-state index contributed by atoms with van der Waals surface area (Å²) in [6.07, 6.45) is 3.08. The summed E-state index contributed by atoms with van der Waals surface area (Å²) in [5, 5.41) is 24.9. The van der Waals surface area contributed by atoms with E-state index in [1.165, 1.54) is 4.21 Å². The summed E-state index contributed by atoms with van der Waals surface area (Å²) < 4.78 is 12.3. The lowest BCUT2D eigenvalue weighted by Gasteiger charge is -2.39. The predicted molar refractivity (Wildman–Crippen MR) is 159 cm³/mol. The molecule has 2 N–H and O–H groups in total. The molecule has 1 unspecified atom stereocenters. The minimum absolute atomic E-state index is 0.382. The first kappa shape index (κ1) is 29.3. The molecule has 0 radical (unpaired) electrons. The molecule has 2 aromatic heterocycles. The summed E-state index contributed by atoms with van der Waals surface area (Å²) in [5.74, 6) is 0.962. The molecule has 5 rings (SSSR count). The van der Waals surface area contributed by atoms with Gasteiger partial charge in [-0.2, -0.15) is 0 Å². The van der Waals surface area contributed by atoms with Crippen molar-refractivity contribution in [2.24, 2.45) is 5.41 Å². The number of ether oxygens (including phenoxy) is 2.